The molecule has 0 saturated heterocycles. The van der Waals surface area contributed by atoms with Crippen molar-refractivity contribution >= 4 is 11.3 Å². The van der Waals surface area contributed by atoms with Gasteiger partial charge in [-0.25, -0.2) is 4.98 Å². The van der Waals surface area contributed by atoms with Crippen molar-refractivity contribution in [1.29, 1.82) is 0 Å². The first kappa shape index (κ1) is 13.2. The smallest absolute Gasteiger partial charge is 0.124 e. The molecule has 0 aliphatic heterocycles. The van der Waals surface area contributed by atoms with Crippen LogP contribution >= 0.6 is 11.3 Å². The lowest BCUT2D eigenvalue weighted by Crippen LogP contribution is -2.05. The van der Waals surface area contributed by atoms with Gasteiger partial charge in [0.15, 0.2) is 0 Å². The Morgan fingerprint density at radius 3 is 2.67 bits per heavy atom. The minimum Gasteiger partial charge on any atom is -0.323 e. The number of thiazole rings is 1. The van der Waals surface area contributed by atoms with E-state index in [9.17, 15) is 0 Å². The van der Waals surface area contributed by atoms with Crippen molar-refractivity contribution in [2.24, 2.45) is 5.73 Å². The van der Waals surface area contributed by atoms with Gasteiger partial charge in [0.1, 0.15) is 5.01 Å². The summed E-state index contributed by atoms with van der Waals surface area (Å²) in [5.74, 6) is 0. The van der Waals surface area contributed by atoms with Gasteiger partial charge in [-0.3, -0.25) is 0 Å². The van der Waals surface area contributed by atoms with Gasteiger partial charge >= 0.3 is 0 Å². The number of aryl methyl sites for hydroxylation is 2. The van der Waals surface area contributed by atoms with E-state index in [0.717, 1.165) is 17.8 Å². The van der Waals surface area contributed by atoms with Crippen LogP contribution in [0.15, 0.2) is 24.3 Å². The van der Waals surface area contributed by atoms with Crippen LogP contribution in [-0.2, 0) is 6.42 Å². The molecule has 0 amide bonds. The number of rotatable bonds is 4. The maximum absolute atomic E-state index is 6.04. The van der Waals surface area contributed by atoms with Crippen LogP contribution in [0.4, 0.5) is 0 Å². The third kappa shape index (κ3) is 2.62. The lowest BCUT2D eigenvalue weighted by Gasteiger charge is -2.03. The predicted octanol–water partition coefficient (Wildman–Crippen LogP) is 4.09. The van der Waals surface area contributed by atoms with Crippen molar-refractivity contribution in [2.45, 2.75) is 39.7 Å². The SMILES string of the molecule is CCCc1nc(-c2ccccc2C)sc1C(C)N. The van der Waals surface area contributed by atoms with Crippen molar-refractivity contribution in [3.8, 4) is 10.6 Å². The van der Waals surface area contributed by atoms with Gasteiger partial charge in [0.25, 0.3) is 0 Å². The maximum atomic E-state index is 6.04. The van der Waals surface area contributed by atoms with Crippen LogP contribution in [0.1, 0.15) is 42.4 Å². The zero-order valence-corrected chi connectivity index (χ0v) is 12.1. The molecular weight excluding hydrogens is 240 g/mol. The summed E-state index contributed by atoms with van der Waals surface area (Å²) >= 11 is 1.74. The van der Waals surface area contributed by atoms with Gasteiger partial charge in [0.05, 0.1) is 5.69 Å². The summed E-state index contributed by atoms with van der Waals surface area (Å²) in [7, 11) is 0. The van der Waals surface area contributed by atoms with Crippen LogP contribution < -0.4 is 5.73 Å². The van der Waals surface area contributed by atoms with Gasteiger partial charge in [0.2, 0.25) is 0 Å². The number of hydrogen-bond acceptors (Lipinski definition) is 3. The van der Waals surface area contributed by atoms with Crippen LogP contribution in [0.25, 0.3) is 10.6 Å². The molecule has 0 spiro atoms. The van der Waals surface area contributed by atoms with Gasteiger partial charge in [0, 0.05) is 16.5 Å². The van der Waals surface area contributed by atoms with Gasteiger partial charge in [-0.05, 0) is 25.8 Å². The lowest BCUT2D eigenvalue weighted by atomic mass is 10.1. The molecule has 2 aromatic rings. The zero-order chi connectivity index (χ0) is 13.1. The Labute approximate surface area is 113 Å². The van der Waals surface area contributed by atoms with E-state index in [1.54, 1.807) is 11.3 Å². The highest BCUT2D eigenvalue weighted by molar-refractivity contribution is 7.15. The first-order valence-corrected chi connectivity index (χ1v) is 7.26. The van der Waals surface area contributed by atoms with E-state index in [1.165, 1.54) is 21.7 Å². The predicted molar refractivity (Wildman–Crippen MR) is 78.9 cm³/mol. The normalized spacial score (nSPS) is 12.7. The molecule has 3 heteroatoms. The molecule has 0 fully saturated rings. The van der Waals surface area contributed by atoms with E-state index in [2.05, 4.69) is 38.1 Å². The Balaban J connectivity index is 2.47. The van der Waals surface area contributed by atoms with E-state index in [0.29, 0.717) is 0 Å². The monoisotopic (exact) mass is 260 g/mol. The average molecular weight is 260 g/mol. The van der Waals surface area contributed by atoms with Crippen LogP contribution in [0.3, 0.4) is 0 Å². The molecule has 0 aliphatic carbocycles. The van der Waals surface area contributed by atoms with Crippen LogP contribution in [0.2, 0.25) is 0 Å². The second-order valence-corrected chi connectivity index (χ2v) is 5.71. The zero-order valence-electron chi connectivity index (χ0n) is 11.2. The average Bonchev–Trinajstić information content (AvgIpc) is 2.74. The Kier molecular flexibility index (Phi) is 4.15. The molecule has 1 atom stereocenters. The van der Waals surface area contributed by atoms with Crippen molar-refractivity contribution in [3.05, 3.63) is 40.4 Å². The second kappa shape index (κ2) is 5.63. The molecule has 0 bridgehead atoms. The number of benzene rings is 1. The van der Waals surface area contributed by atoms with Crippen LogP contribution in [0, 0.1) is 6.92 Å². The summed E-state index contributed by atoms with van der Waals surface area (Å²) in [4.78, 5) is 6.02. The standard InChI is InChI=1S/C15H20N2S/c1-4-7-13-14(11(3)16)18-15(17-13)12-9-6-5-8-10(12)2/h5-6,8-9,11H,4,7,16H2,1-3H3. The molecular formula is C15H20N2S. The lowest BCUT2D eigenvalue weighted by molar-refractivity contribution is 0.793. The summed E-state index contributed by atoms with van der Waals surface area (Å²) in [6.07, 6.45) is 2.12. The third-order valence-electron chi connectivity index (χ3n) is 3.00. The molecule has 96 valence electrons. The van der Waals surface area contributed by atoms with E-state index >= 15 is 0 Å². The molecule has 1 aromatic carbocycles. The summed E-state index contributed by atoms with van der Waals surface area (Å²) in [6.45, 7) is 6.34. The molecule has 0 saturated carbocycles. The minimum atomic E-state index is 0.0711. The van der Waals surface area contributed by atoms with E-state index < -0.39 is 0 Å². The fourth-order valence-electron chi connectivity index (χ4n) is 2.06. The summed E-state index contributed by atoms with van der Waals surface area (Å²) in [6, 6.07) is 8.46. The Morgan fingerprint density at radius 1 is 1.33 bits per heavy atom. The highest BCUT2D eigenvalue weighted by Crippen LogP contribution is 2.33. The first-order valence-electron chi connectivity index (χ1n) is 6.44. The maximum Gasteiger partial charge on any atom is 0.124 e. The number of nitrogens with zero attached hydrogens (tertiary/aromatic N) is 1. The topological polar surface area (TPSA) is 38.9 Å². The fraction of sp³-hybridized carbons (Fsp3) is 0.400. The van der Waals surface area contributed by atoms with Crippen molar-refractivity contribution < 1.29 is 0 Å². The Morgan fingerprint density at radius 2 is 2.06 bits per heavy atom. The summed E-state index contributed by atoms with van der Waals surface area (Å²) in [5, 5.41) is 1.10. The third-order valence-corrected chi connectivity index (χ3v) is 4.34. The summed E-state index contributed by atoms with van der Waals surface area (Å²) < 4.78 is 0. The van der Waals surface area contributed by atoms with E-state index in [4.69, 9.17) is 10.7 Å². The summed E-state index contributed by atoms with van der Waals surface area (Å²) in [5.41, 5.74) is 9.72. The number of aromatic nitrogens is 1. The molecule has 1 heterocycles. The highest BCUT2D eigenvalue weighted by atomic mass is 32.1. The van der Waals surface area contributed by atoms with E-state index in [-0.39, 0.29) is 6.04 Å². The van der Waals surface area contributed by atoms with Crippen molar-refractivity contribution in [3.63, 3.8) is 0 Å². The Hall–Kier alpha value is -1.19. The van der Waals surface area contributed by atoms with Crippen LogP contribution in [0.5, 0.6) is 0 Å². The molecule has 1 aromatic heterocycles. The van der Waals surface area contributed by atoms with Crippen LogP contribution in [-0.4, -0.2) is 4.98 Å². The Bertz CT molecular complexity index is 529. The highest BCUT2D eigenvalue weighted by Gasteiger charge is 2.15. The van der Waals surface area contributed by atoms with Crippen molar-refractivity contribution in [1.82, 2.24) is 4.98 Å². The van der Waals surface area contributed by atoms with Gasteiger partial charge < -0.3 is 5.73 Å². The largest absolute Gasteiger partial charge is 0.323 e. The second-order valence-electron chi connectivity index (χ2n) is 4.68. The number of hydrogen-bond donors (Lipinski definition) is 1. The molecule has 2 rings (SSSR count). The fourth-order valence-corrected chi connectivity index (χ4v) is 3.22. The van der Waals surface area contributed by atoms with E-state index in [1.807, 2.05) is 6.92 Å². The molecule has 0 radical (unpaired) electrons. The van der Waals surface area contributed by atoms with Gasteiger partial charge in [-0.15, -0.1) is 11.3 Å². The molecule has 0 aliphatic rings. The molecule has 2 N–H and O–H groups in total. The quantitative estimate of drug-likeness (QED) is 0.899. The minimum absolute atomic E-state index is 0.0711. The molecule has 18 heavy (non-hydrogen) atoms. The molecule has 2 nitrogen and oxygen atoms in total. The van der Waals surface area contributed by atoms with Gasteiger partial charge in [-0.1, -0.05) is 37.6 Å². The first-order chi connectivity index (χ1) is 8.63. The van der Waals surface area contributed by atoms with Gasteiger partial charge in [-0.2, -0.15) is 0 Å². The van der Waals surface area contributed by atoms with Crippen molar-refractivity contribution in [2.75, 3.05) is 0 Å². The molecule has 1 unspecified atom stereocenters. The number of nitrogens with two attached hydrogens (primary N) is 1.